The van der Waals surface area contributed by atoms with E-state index in [2.05, 4.69) is 27.0 Å². The van der Waals surface area contributed by atoms with E-state index in [9.17, 15) is 4.79 Å². The zero-order chi connectivity index (χ0) is 16.1. The van der Waals surface area contributed by atoms with Gasteiger partial charge in [-0.2, -0.15) is 0 Å². The predicted octanol–water partition coefficient (Wildman–Crippen LogP) is 0.192. The van der Waals surface area contributed by atoms with Crippen molar-refractivity contribution in [2.45, 2.75) is 13.0 Å². The largest absolute Gasteiger partial charge is 0.338 e. The molecule has 2 saturated heterocycles. The lowest BCUT2D eigenvalue weighted by Crippen LogP contribution is -2.54. The number of carbonyl (C=O) groups excluding carboxylic acids is 1. The number of likely N-dealkylation sites (N-methyl/N-ethyl adjacent to an activating group) is 1. The maximum Gasteiger partial charge on any atom is 0.244 e. The number of hydrogen-bond acceptors (Lipinski definition) is 5. The van der Waals surface area contributed by atoms with Gasteiger partial charge >= 0.3 is 0 Å². The number of carbonyl (C=O) groups is 1. The van der Waals surface area contributed by atoms with Crippen LogP contribution in [0.3, 0.4) is 0 Å². The van der Waals surface area contributed by atoms with Crippen LogP contribution in [0.1, 0.15) is 18.5 Å². The van der Waals surface area contributed by atoms with Crippen LogP contribution in [0.5, 0.6) is 0 Å². The van der Waals surface area contributed by atoms with E-state index in [0.29, 0.717) is 0 Å². The Kier molecular flexibility index (Phi) is 5.59. The summed E-state index contributed by atoms with van der Waals surface area (Å²) in [5.74, 6) is 0.232. The maximum absolute atomic E-state index is 13.2. The van der Waals surface area contributed by atoms with E-state index in [-0.39, 0.29) is 11.9 Å². The van der Waals surface area contributed by atoms with Gasteiger partial charge in [0.25, 0.3) is 0 Å². The second kappa shape index (κ2) is 7.86. The first-order valence-corrected chi connectivity index (χ1v) is 8.65. The summed E-state index contributed by atoms with van der Waals surface area (Å²) in [5.41, 5.74) is 1.01. The van der Waals surface area contributed by atoms with Crippen molar-refractivity contribution in [1.29, 1.82) is 0 Å². The SMILES string of the molecule is CCN1CCN(C(=O)C(c2cccnc2)N2CCNCC2)CC1. The van der Waals surface area contributed by atoms with Gasteiger partial charge in [0.05, 0.1) is 0 Å². The van der Waals surface area contributed by atoms with Crippen LogP contribution in [0.2, 0.25) is 0 Å². The molecule has 1 amide bonds. The molecular weight excluding hydrogens is 290 g/mol. The van der Waals surface area contributed by atoms with Crippen LogP contribution in [0.25, 0.3) is 0 Å². The second-order valence-electron chi connectivity index (χ2n) is 6.23. The third kappa shape index (κ3) is 3.88. The quantitative estimate of drug-likeness (QED) is 0.859. The summed E-state index contributed by atoms with van der Waals surface area (Å²) in [5, 5.41) is 3.36. The van der Waals surface area contributed by atoms with E-state index in [1.165, 1.54) is 0 Å². The molecule has 6 heteroatoms. The average Bonchev–Trinajstić information content (AvgIpc) is 2.64. The molecule has 3 heterocycles. The number of rotatable bonds is 4. The molecule has 2 aliphatic heterocycles. The van der Waals surface area contributed by atoms with Gasteiger partial charge in [-0.15, -0.1) is 0 Å². The standard InChI is InChI=1S/C17H27N5O/c1-2-20-10-12-22(13-11-20)17(23)16(15-4-3-5-19-14-15)21-8-6-18-7-9-21/h3-5,14,16,18H,2,6-13H2,1H3. The van der Waals surface area contributed by atoms with Gasteiger partial charge in [0.15, 0.2) is 0 Å². The van der Waals surface area contributed by atoms with E-state index < -0.39 is 0 Å². The molecule has 6 nitrogen and oxygen atoms in total. The molecule has 2 aliphatic rings. The summed E-state index contributed by atoms with van der Waals surface area (Å²) in [7, 11) is 0. The summed E-state index contributed by atoms with van der Waals surface area (Å²) in [6.07, 6.45) is 3.61. The van der Waals surface area contributed by atoms with Crippen LogP contribution in [0.4, 0.5) is 0 Å². The zero-order valence-corrected chi connectivity index (χ0v) is 13.9. The van der Waals surface area contributed by atoms with Gasteiger partial charge in [-0.1, -0.05) is 13.0 Å². The number of nitrogens with one attached hydrogen (secondary N) is 1. The average molecular weight is 317 g/mol. The summed E-state index contributed by atoms with van der Waals surface area (Å²) in [4.78, 5) is 24.2. The van der Waals surface area contributed by atoms with Crippen molar-refractivity contribution in [2.24, 2.45) is 0 Å². The van der Waals surface area contributed by atoms with Gasteiger partial charge in [0.1, 0.15) is 6.04 Å². The summed E-state index contributed by atoms with van der Waals surface area (Å²) in [6.45, 7) is 10.5. The van der Waals surface area contributed by atoms with Crippen LogP contribution in [0, 0.1) is 0 Å². The fourth-order valence-electron chi connectivity index (χ4n) is 3.45. The number of aromatic nitrogens is 1. The van der Waals surface area contributed by atoms with Crippen molar-refractivity contribution in [3.05, 3.63) is 30.1 Å². The first-order valence-electron chi connectivity index (χ1n) is 8.65. The Labute approximate surface area is 138 Å². The van der Waals surface area contributed by atoms with Crippen LogP contribution in [-0.4, -0.2) is 84.5 Å². The van der Waals surface area contributed by atoms with Crippen molar-refractivity contribution in [3.63, 3.8) is 0 Å². The molecule has 0 bridgehead atoms. The minimum absolute atomic E-state index is 0.195. The minimum Gasteiger partial charge on any atom is -0.338 e. The lowest BCUT2D eigenvalue weighted by Gasteiger charge is -2.40. The fraction of sp³-hybridized carbons (Fsp3) is 0.647. The first-order chi connectivity index (χ1) is 11.3. The molecule has 0 aliphatic carbocycles. The number of hydrogen-bond donors (Lipinski definition) is 1. The Hall–Kier alpha value is -1.50. The molecule has 1 aromatic heterocycles. The Morgan fingerprint density at radius 3 is 2.57 bits per heavy atom. The van der Waals surface area contributed by atoms with E-state index in [1.807, 2.05) is 23.2 Å². The van der Waals surface area contributed by atoms with Crippen molar-refractivity contribution in [1.82, 2.24) is 25.0 Å². The molecule has 1 unspecified atom stereocenters. The molecule has 23 heavy (non-hydrogen) atoms. The highest BCUT2D eigenvalue weighted by molar-refractivity contribution is 5.83. The van der Waals surface area contributed by atoms with Gasteiger partial charge in [0.2, 0.25) is 5.91 Å². The van der Waals surface area contributed by atoms with Crippen molar-refractivity contribution in [2.75, 3.05) is 58.9 Å². The van der Waals surface area contributed by atoms with E-state index in [1.54, 1.807) is 6.20 Å². The summed E-state index contributed by atoms with van der Waals surface area (Å²) in [6, 6.07) is 3.76. The number of pyridine rings is 1. The molecule has 1 N–H and O–H groups in total. The second-order valence-corrected chi connectivity index (χ2v) is 6.23. The van der Waals surface area contributed by atoms with E-state index in [0.717, 1.165) is 64.5 Å². The van der Waals surface area contributed by atoms with Crippen molar-refractivity contribution < 1.29 is 4.79 Å². The molecule has 0 spiro atoms. The van der Waals surface area contributed by atoms with Crippen LogP contribution in [0.15, 0.2) is 24.5 Å². The van der Waals surface area contributed by atoms with Gasteiger partial charge in [-0.3, -0.25) is 14.7 Å². The van der Waals surface area contributed by atoms with Crippen LogP contribution >= 0.6 is 0 Å². The smallest absolute Gasteiger partial charge is 0.244 e. The molecular formula is C17H27N5O. The van der Waals surface area contributed by atoms with Gasteiger partial charge < -0.3 is 15.1 Å². The van der Waals surface area contributed by atoms with Crippen LogP contribution < -0.4 is 5.32 Å². The van der Waals surface area contributed by atoms with Crippen LogP contribution in [-0.2, 0) is 4.79 Å². The summed E-state index contributed by atoms with van der Waals surface area (Å²) >= 11 is 0. The Morgan fingerprint density at radius 2 is 1.96 bits per heavy atom. The summed E-state index contributed by atoms with van der Waals surface area (Å²) < 4.78 is 0. The lowest BCUT2D eigenvalue weighted by atomic mass is 10.0. The Balaban J connectivity index is 1.76. The lowest BCUT2D eigenvalue weighted by molar-refractivity contribution is -0.139. The van der Waals surface area contributed by atoms with Gasteiger partial charge in [-0.05, 0) is 18.2 Å². The van der Waals surface area contributed by atoms with Gasteiger partial charge in [-0.25, -0.2) is 0 Å². The molecule has 2 fully saturated rings. The van der Waals surface area contributed by atoms with Crippen molar-refractivity contribution in [3.8, 4) is 0 Å². The molecule has 0 saturated carbocycles. The van der Waals surface area contributed by atoms with E-state index in [4.69, 9.17) is 0 Å². The van der Waals surface area contributed by atoms with E-state index >= 15 is 0 Å². The third-order valence-electron chi connectivity index (χ3n) is 4.88. The first kappa shape index (κ1) is 16.4. The normalized spacial score (nSPS) is 22.0. The highest BCUT2D eigenvalue weighted by Crippen LogP contribution is 2.23. The predicted molar refractivity (Wildman–Crippen MR) is 90.1 cm³/mol. The number of amides is 1. The molecule has 126 valence electrons. The highest BCUT2D eigenvalue weighted by Gasteiger charge is 2.33. The van der Waals surface area contributed by atoms with Crippen molar-refractivity contribution >= 4 is 5.91 Å². The highest BCUT2D eigenvalue weighted by atomic mass is 16.2. The molecule has 0 radical (unpaired) electrons. The topological polar surface area (TPSA) is 51.7 Å². The van der Waals surface area contributed by atoms with Gasteiger partial charge in [0, 0.05) is 64.8 Å². The zero-order valence-electron chi connectivity index (χ0n) is 13.9. The Bertz CT molecular complexity index is 495. The molecule has 1 aromatic rings. The fourth-order valence-corrected chi connectivity index (χ4v) is 3.45. The number of piperazine rings is 2. The monoisotopic (exact) mass is 317 g/mol. The molecule has 0 aromatic carbocycles. The molecule has 3 rings (SSSR count). The maximum atomic E-state index is 13.2. The third-order valence-corrected chi connectivity index (χ3v) is 4.88. The Morgan fingerprint density at radius 1 is 1.22 bits per heavy atom. The number of nitrogens with zero attached hydrogens (tertiary/aromatic N) is 4. The molecule has 1 atom stereocenters. The minimum atomic E-state index is -0.195.